The van der Waals surface area contributed by atoms with Gasteiger partial charge in [0.05, 0.1) is 17.6 Å². The molecule has 0 aromatic heterocycles. The fraction of sp³-hybridized carbons (Fsp3) is 0.222. The molecule has 0 saturated carbocycles. The zero-order valence-electron chi connectivity index (χ0n) is 8.84. The SMILES string of the molecule is CC(=O)N(O)c1ccccc1NS(C)(=O)=O. The number of hydrogen-bond donors (Lipinski definition) is 2. The van der Waals surface area contributed by atoms with Crippen LogP contribution < -0.4 is 9.79 Å². The molecule has 16 heavy (non-hydrogen) atoms. The number of hydrogen-bond acceptors (Lipinski definition) is 4. The van der Waals surface area contributed by atoms with Gasteiger partial charge in [0.15, 0.2) is 0 Å². The van der Waals surface area contributed by atoms with Crippen LogP contribution in [0.25, 0.3) is 0 Å². The number of nitrogens with zero attached hydrogens (tertiary/aromatic N) is 1. The van der Waals surface area contributed by atoms with E-state index >= 15 is 0 Å². The lowest BCUT2D eigenvalue weighted by Gasteiger charge is -2.16. The standard InChI is InChI=1S/C9H12N2O4S/c1-7(12)11(13)9-6-4-3-5-8(9)10-16(2,14)15/h3-6,10,13H,1-2H3. The molecule has 0 spiro atoms. The second kappa shape index (κ2) is 4.50. The number of carbonyl (C=O) groups is 1. The van der Waals surface area contributed by atoms with Crippen molar-refractivity contribution < 1.29 is 18.4 Å². The highest BCUT2D eigenvalue weighted by Gasteiger charge is 2.14. The number of amides is 1. The van der Waals surface area contributed by atoms with Crippen LogP contribution in [0.2, 0.25) is 0 Å². The number of hydroxylamine groups is 1. The van der Waals surface area contributed by atoms with Crippen LogP contribution in [0, 0.1) is 0 Å². The van der Waals surface area contributed by atoms with Gasteiger partial charge in [-0.1, -0.05) is 12.1 Å². The molecule has 0 aliphatic rings. The minimum absolute atomic E-state index is 0.0837. The number of sulfonamides is 1. The van der Waals surface area contributed by atoms with Gasteiger partial charge in [0.1, 0.15) is 0 Å². The Morgan fingerprint density at radius 2 is 1.94 bits per heavy atom. The van der Waals surface area contributed by atoms with Crippen molar-refractivity contribution in [1.29, 1.82) is 0 Å². The molecule has 0 heterocycles. The maximum Gasteiger partial charge on any atom is 0.247 e. The molecule has 1 amide bonds. The van der Waals surface area contributed by atoms with Crippen LogP contribution in [0.15, 0.2) is 24.3 Å². The van der Waals surface area contributed by atoms with E-state index in [1.807, 2.05) is 0 Å². The van der Waals surface area contributed by atoms with Crippen molar-refractivity contribution in [3.63, 3.8) is 0 Å². The van der Waals surface area contributed by atoms with Crippen molar-refractivity contribution in [1.82, 2.24) is 0 Å². The van der Waals surface area contributed by atoms with Crippen molar-refractivity contribution in [2.45, 2.75) is 6.92 Å². The Morgan fingerprint density at radius 1 is 1.38 bits per heavy atom. The molecule has 0 unspecified atom stereocenters. The molecule has 0 aliphatic carbocycles. The maximum absolute atomic E-state index is 11.0. The molecule has 0 fully saturated rings. The minimum Gasteiger partial charge on any atom is -0.282 e. The molecule has 7 heteroatoms. The van der Waals surface area contributed by atoms with Crippen LogP contribution in [-0.4, -0.2) is 25.8 Å². The Hall–Kier alpha value is -1.60. The topological polar surface area (TPSA) is 86.7 Å². The number of benzene rings is 1. The van der Waals surface area contributed by atoms with Gasteiger partial charge in [-0.15, -0.1) is 0 Å². The number of carbonyl (C=O) groups excluding carboxylic acids is 1. The number of nitrogens with one attached hydrogen (secondary N) is 1. The molecule has 0 bridgehead atoms. The summed E-state index contributed by atoms with van der Waals surface area (Å²) in [4.78, 5) is 11.0. The quantitative estimate of drug-likeness (QED) is 0.608. The highest BCUT2D eigenvalue weighted by atomic mass is 32.2. The Morgan fingerprint density at radius 3 is 2.44 bits per heavy atom. The monoisotopic (exact) mass is 244 g/mol. The zero-order valence-corrected chi connectivity index (χ0v) is 9.65. The Bertz CT molecular complexity index is 498. The fourth-order valence-electron chi connectivity index (χ4n) is 1.11. The third-order valence-electron chi connectivity index (χ3n) is 1.73. The Balaban J connectivity index is 3.15. The molecule has 0 aliphatic heterocycles. The second-order valence-corrected chi connectivity index (χ2v) is 4.97. The first-order valence-electron chi connectivity index (χ1n) is 4.37. The molecule has 6 nitrogen and oxygen atoms in total. The third kappa shape index (κ3) is 3.21. The van der Waals surface area contributed by atoms with Crippen LogP contribution in [0.3, 0.4) is 0 Å². The van der Waals surface area contributed by atoms with Gasteiger partial charge in [0, 0.05) is 6.92 Å². The first kappa shape index (κ1) is 12.5. The zero-order chi connectivity index (χ0) is 12.3. The summed E-state index contributed by atoms with van der Waals surface area (Å²) >= 11 is 0. The summed E-state index contributed by atoms with van der Waals surface area (Å²) in [6.45, 7) is 1.16. The molecule has 0 atom stereocenters. The Labute approximate surface area is 93.5 Å². The summed E-state index contributed by atoms with van der Waals surface area (Å²) in [6, 6.07) is 6.04. The normalized spacial score (nSPS) is 10.9. The van der Waals surface area contributed by atoms with Gasteiger partial charge >= 0.3 is 0 Å². The van der Waals surface area contributed by atoms with E-state index in [0.29, 0.717) is 5.06 Å². The average molecular weight is 244 g/mol. The van der Waals surface area contributed by atoms with E-state index in [0.717, 1.165) is 13.2 Å². The van der Waals surface area contributed by atoms with Gasteiger partial charge in [-0.05, 0) is 12.1 Å². The lowest BCUT2D eigenvalue weighted by Crippen LogP contribution is -2.25. The van der Waals surface area contributed by atoms with Crippen LogP contribution in [0.4, 0.5) is 11.4 Å². The van der Waals surface area contributed by atoms with E-state index in [1.54, 1.807) is 12.1 Å². The number of anilines is 2. The van der Waals surface area contributed by atoms with Gasteiger partial charge in [-0.25, -0.2) is 8.42 Å². The maximum atomic E-state index is 11.0. The summed E-state index contributed by atoms with van der Waals surface area (Å²) in [5.41, 5.74) is 0.225. The van der Waals surface area contributed by atoms with E-state index in [4.69, 9.17) is 0 Å². The van der Waals surface area contributed by atoms with Crippen LogP contribution >= 0.6 is 0 Å². The fourth-order valence-corrected chi connectivity index (χ4v) is 1.69. The summed E-state index contributed by atoms with van der Waals surface area (Å²) in [6.07, 6.45) is 0.985. The molecule has 0 radical (unpaired) electrons. The lowest BCUT2D eigenvalue weighted by atomic mass is 10.2. The molecule has 88 valence electrons. The highest BCUT2D eigenvalue weighted by molar-refractivity contribution is 7.92. The van der Waals surface area contributed by atoms with E-state index in [-0.39, 0.29) is 11.4 Å². The molecular weight excluding hydrogens is 232 g/mol. The van der Waals surface area contributed by atoms with E-state index in [2.05, 4.69) is 4.72 Å². The third-order valence-corrected chi connectivity index (χ3v) is 2.32. The predicted octanol–water partition coefficient (Wildman–Crippen LogP) is 0.800. The van der Waals surface area contributed by atoms with Crippen molar-refractivity contribution in [2.24, 2.45) is 0 Å². The predicted molar refractivity (Wildman–Crippen MR) is 59.9 cm³/mol. The van der Waals surface area contributed by atoms with Gasteiger partial charge in [-0.3, -0.25) is 14.7 Å². The largest absolute Gasteiger partial charge is 0.282 e. The van der Waals surface area contributed by atoms with E-state index < -0.39 is 15.9 Å². The summed E-state index contributed by atoms with van der Waals surface area (Å²) in [7, 11) is -3.46. The lowest BCUT2D eigenvalue weighted by molar-refractivity contribution is -0.121. The molecule has 1 aromatic carbocycles. The first-order valence-corrected chi connectivity index (χ1v) is 6.27. The molecular formula is C9H12N2O4S. The van der Waals surface area contributed by atoms with Crippen LogP contribution in [0.5, 0.6) is 0 Å². The molecule has 1 rings (SSSR count). The highest BCUT2D eigenvalue weighted by Crippen LogP contribution is 2.25. The number of para-hydroxylation sites is 2. The average Bonchev–Trinajstić information content (AvgIpc) is 2.15. The molecule has 2 N–H and O–H groups in total. The summed E-state index contributed by atoms with van der Waals surface area (Å²) < 4.78 is 24.3. The van der Waals surface area contributed by atoms with Crippen molar-refractivity contribution in [3.05, 3.63) is 24.3 Å². The smallest absolute Gasteiger partial charge is 0.247 e. The number of rotatable bonds is 3. The van der Waals surface area contributed by atoms with Gasteiger partial charge in [0.2, 0.25) is 15.9 Å². The van der Waals surface area contributed by atoms with Gasteiger partial charge in [-0.2, -0.15) is 5.06 Å². The summed E-state index contributed by atoms with van der Waals surface area (Å²) in [5, 5.41) is 9.81. The molecule has 0 saturated heterocycles. The molecule has 1 aromatic rings. The summed E-state index contributed by atoms with van der Waals surface area (Å²) in [5.74, 6) is -0.609. The van der Waals surface area contributed by atoms with Gasteiger partial charge in [0.25, 0.3) is 0 Å². The van der Waals surface area contributed by atoms with Gasteiger partial charge < -0.3 is 0 Å². The second-order valence-electron chi connectivity index (χ2n) is 3.22. The minimum atomic E-state index is -3.46. The van der Waals surface area contributed by atoms with Crippen LogP contribution in [0.1, 0.15) is 6.92 Å². The van der Waals surface area contributed by atoms with Crippen molar-refractivity contribution in [3.8, 4) is 0 Å². The van der Waals surface area contributed by atoms with Crippen molar-refractivity contribution in [2.75, 3.05) is 16.0 Å². The van der Waals surface area contributed by atoms with E-state index in [9.17, 15) is 18.4 Å². The van der Waals surface area contributed by atoms with Crippen LogP contribution in [-0.2, 0) is 14.8 Å². The van der Waals surface area contributed by atoms with E-state index in [1.165, 1.54) is 12.1 Å². The van der Waals surface area contributed by atoms with Crippen molar-refractivity contribution >= 4 is 27.3 Å². The Kier molecular flexibility index (Phi) is 3.51. The first-order chi connectivity index (χ1) is 7.31.